The molecule has 0 aliphatic carbocycles. The Balaban J connectivity index is 1.51. The van der Waals surface area contributed by atoms with Crippen LogP contribution in [0.3, 0.4) is 0 Å². The van der Waals surface area contributed by atoms with Gasteiger partial charge in [-0.2, -0.15) is 4.72 Å². The van der Waals surface area contributed by atoms with Gasteiger partial charge in [0.05, 0.1) is 12.1 Å². The largest absolute Gasteiger partial charge is 0.497 e. The zero-order chi connectivity index (χ0) is 25.7. The van der Waals surface area contributed by atoms with Gasteiger partial charge in [0.15, 0.2) is 0 Å². The van der Waals surface area contributed by atoms with Crippen molar-refractivity contribution >= 4 is 44.8 Å². The maximum absolute atomic E-state index is 13.6. The van der Waals surface area contributed by atoms with E-state index in [9.17, 15) is 13.2 Å². The Kier molecular flexibility index (Phi) is 8.41. The van der Waals surface area contributed by atoms with E-state index >= 15 is 0 Å². The van der Waals surface area contributed by atoms with E-state index in [2.05, 4.69) is 9.62 Å². The number of methoxy groups -OCH3 is 1. The number of nitrogens with one attached hydrogen (secondary N) is 1. The number of piperazine rings is 1. The molecule has 0 saturated carbocycles. The van der Waals surface area contributed by atoms with Crippen LogP contribution in [0.2, 0.25) is 10.0 Å². The molecule has 1 amide bonds. The molecule has 10 heteroatoms. The second-order valence-electron chi connectivity index (χ2n) is 8.45. The van der Waals surface area contributed by atoms with Crippen LogP contribution >= 0.6 is 23.2 Å². The summed E-state index contributed by atoms with van der Waals surface area (Å²) in [6.07, 6.45) is 0.204. The number of nitrogens with zero attached hydrogens (tertiary/aromatic N) is 2. The van der Waals surface area contributed by atoms with Gasteiger partial charge in [0.1, 0.15) is 16.7 Å². The first-order valence-electron chi connectivity index (χ1n) is 11.5. The highest BCUT2D eigenvalue weighted by Crippen LogP contribution is 2.26. The predicted molar refractivity (Wildman–Crippen MR) is 143 cm³/mol. The molecule has 1 atom stereocenters. The van der Waals surface area contributed by atoms with E-state index in [4.69, 9.17) is 27.9 Å². The first-order valence-corrected chi connectivity index (χ1v) is 13.7. The third-order valence-electron chi connectivity index (χ3n) is 6.09. The van der Waals surface area contributed by atoms with Crippen LogP contribution in [0.4, 0.5) is 5.69 Å². The van der Waals surface area contributed by atoms with Gasteiger partial charge in [-0.25, -0.2) is 8.42 Å². The number of rotatable bonds is 8. The summed E-state index contributed by atoms with van der Waals surface area (Å²) < 4.78 is 34.3. The molecule has 36 heavy (non-hydrogen) atoms. The number of hydrogen-bond donors (Lipinski definition) is 1. The molecule has 1 N–H and O–H groups in total. The Hall–Kier alpha value is -2.78. The molecule has 4 rings (SSSR count). The number of carbonyl (C=O) groups excluding carboxylic acids is 1. The van der Waals surface area contributed by atoms with Crippen molar-refractivity contribution < 1.29 is 17.9 Å². The van der Waals surface area contributed by atoms with Crippen LogP contribution in [0.15, 0.2) is 77.7 Å². The van der Waals surface area contributed by atoms with Crippen LogP contribution in [-0.4, -0.2) is 58.6 Å². The summed E-state index contributed by atoms with van der Waals surface area (Å²) in [5, 5.41) is 0.270. The van der Waals surface area contributed by atoms with Gasteiger partial charge >= 0.3 is 0 Å². The van der Waals surface area contributed by atoms with Gasteiger partial charge < -0.3 is 14.5 Å². The van der Waals surface area contributed by atoms with Gasteiger partial charge in [0, 0.05) is 36.9 Å². The second-order valence-corrected chi connectivity index (χ2v) is 11.0. The van der Waals surface area contributed by atoms with E-state index < -0.39 is 16.1 Å². The van der Waals surface area contributed by atoms with Crippen LogP contribution in [0.25, 0.3) is 0 Å². The van der Waals surface area contributed by atoms with Crippen LogP contribution in [-0.2, 0) is 21.2 Å². The molecule has 0 aromatic heterocycles. The van der Waals surface area contributed by atoms with Gasteiger partial charge in [-0.1, -0.05) is 53.5 Å². The van der Waals surface area contributed by atoms with Crippen molar-refractivity contribution in [3.63, 3.8) is 0 Å². The fraction of sp³-hybridized carbons (Fsp3) is 0.269. The smallest absolute Gasteiger partial charge is 0.242 e. The van der Waals surface area contributed by atoms with E-state index in [1.165, 1.54) is 18.2 Å². The number of ether oxygens (including phenoxy) is 1. The zero-order valence-corrected chi connectivity index (χ0v) is 22.1. The molecule has 0 radical (unpaired) electrons. The summed E-state index contributed by atoms with van der Waals surface area (Å²) in [5.74, 6) is 0.498. The highest BCUT2D eigenvalue weighted by atomic mass is 35.5. The molecule has 1 heterocycles. The SMILES string of the molecule is COc1ccc(N2CCN(C(=O)[C@H](Cc3ccccc3)NS(=O)(=O)c3cc(Cl)ccc3Cl)CC2)cc1. The number of hydrogen-bond acceptors (Lipinski definition) is 5. The van der Waals surface area contributed by atoms with Crippen molar-refractivity contribution in [3.8, 4) is 5.75 Å². The Morgan fingerprint density at radius 2 is 1.64 bits per heavy atom. The van der Waals surface area contributed by atoms with Gasteiger partial charge in [-0.05, 0) is 54.4 Å². The monoisotopic (exact) mass is 547 g/mol. The fourth-order valence-electron chi connectivity index (χ4n) is 4.16. The maximum atomic E-state index is 13.6. The first-order chi connectivity index (χ1) is 17.3. The van der Waals surface area contributed by atoms with Crippen molar-refractivity contribution in [1.82, 2.24) is 9.62 Å². The van der Waals surface area contributed by atoms with Crippen LogP contribution in [0.5, 0.6) is 5.75 Å². The standard InChI is InChI=1S/C26H27Cl2N3O4S/c1-35-22-10-8-21(9-11-22)30-13-15-31(16-14-30)26(32)24(17-19-5-3-2-4-6-19)29-36(33,34)25-18-20(27)7-12-23(25)28/h2-12,18,24,29H,13-17H2,1H3/t24-/m0/s1. The molecule has 190 valence electrons. The van der Waals surface area contributed by atoms with E-state index in [0.717, 1.165) is 17.0 Å². The molecule has 1 saturated heterocycles. The molecule has 7 nitrogen and oxygen atoms in total. The maximum Gasteiger partial charge on any atom is 0.242 e. The molecule has 3 aromatic rings. The molecule has 0 bridgehead atoms. The minimum Gasteiger partial charge on any atom is -0.497 e. The van der Waals surface area contributed by atoms with Gasteiger partial charge in [-0.15, -0.1) is 0 Å². The first kappa shape index (κ1) is 26.3. The number of anilines is 1. The molecule has 0 unspecified atom stereocenters. The zero-order valence-electron chi connectivity index (χ0n) is 19.7. The third-order valence-corrected chi connectivity index (χ3v) is 8.28. The van der Waals surface area contributed by atoms with Crippen molar-refractivity contribution in [2.75, 3.05) is 38.2 Å². The summed E-state index contributed by atoms with van der Waals surface area (Å²) in [4.78, 5) is 17.3. The minimum atomic E-state index is -4.11. The molecule has 0 spiro atoms. The fourth-order valence-corrected chi connectivity index (χ4v) is 6.11. The number of halogens is 2. The quantitative estimate of drug-likeness (QED) is 0.456. The summed E-state index contributed by atoms with van der Waals surface area (Å²) >= 11 is 12.2. The number of sulfonamides is 1. The molecular weight excluding hydrogens is 521 g/mol. The van der Waals surface area contributed by atoms with Crippen molar-refractivity contribution in [1.29, 1.82) is 0 Å². The molecule has 1 fully saturated rings. The Labute approximate surface area is 221 Å². The molecular formula is C26H27Cl2N3O4S. The average molecular weight is 548 g/mol. The van der Waals surface area contributed by atoms with Crippen molar-refractivity contribution in [3.05, 3.63) is 88.4 Å². The van der Waals surface area contributed by atoms with Gasteiger partial charge in [-0.3, -0.25) is 4.79 Å². The molecule has 1 aliphatic rings. The number of carbonyl (C=O) groups is 1. The molecule has 1 aliphatic heterocycles. The van der Waals surface area contributed by atoms with E-state index in [-0.39, 0.29) is 27.3 Å². The number of benzene rings is 3. The average Bonchev–Trinajstić information content (AvgIpc) is 2.90. The Bertz CT molecular complexity index is 1300. The summed E-state index contributed by atoms with van der Waals surface area (Å²) in [5.41, 5.74) is 1.88. The predicted octanol–water partition coefficient (Wildman–Crippen LogP) is 4.24. The lowest BCUT2D eigenvalue weighted by atomic mass is 10.1. The van der Waals surface area contributed by atoms with E-state index in [1.807, 2.05) is 54.6 Å². The lowest BCUT2D eigenvalue weighted by molar-refractivity contribution is -0.133. The molecule has 3 aromatic carbocycles. The summed E-state index contributed by atoms with van der Waals surface area (Å²) in [6.45, 7) is 2.19. The van der Waals surface area contributed by atoms with Crippen LogP contribution in [0, 0.1) is 0 Å². The third kappa shape index (κ3) is 6.31. The van der Waals surface area contributed by atoms with Crippen molar-refractivity contribution in [2.45, 2.75) is 17.4 Å². The minimum absolute atomic E-state index is 0.0333. The highest BCUT2D eigenvalue weighted by Gasteiger charge is 2.32. The lowest BCUT2D eigenvalue weighted by Gasteiger charge is -2.37. The van der Waals surface area contributed by atoms with Crippen LogP contribution in [0.1, 0.15) is 5.56 Å². The highest BCUT2D eigenvalue weighted by molar-refractivity contribution is 7.89. The second kappa shape index (κ2) is 11.5. The van der Waals surface area contributed by atoms with Crippen LogP contribution < -0.4 is 14.4 Å². The normalized spacial score (nSPS) is 15.0. The van der Waals surface area contributed by atoms with E-state index in [1.54, 1.807) is 12.0 Å². The lowest BCUT2D eigenvalue weighted by Crippen LogP contribution is -2.55. The summed E-state index contributed by atoms with van der Waals surface area (Å²) in [6, 6.07) is 20.3. The van der Waals surface area contributed by atoms with Gasteiger partial charge in [0.2, 0.25) is 15.9 Å². The Morgan fingerprint density at radius 3 is 2.28 bits per heavy atom. The topological polar surface area (TPSA) is 79.0 Å². The summed E-state index contributed by atoms with van der Waals surface area (Å²) in [7, 11) is -2.49. The van der Waals surface area contributed by atoms with E-state index in [0.29, 0.717) is 26.2 Å². The van der Waals surface area contributed by atoms with Crippen molar-refractivity contribution in [2.24, 2.45) is 0 Å². The number of amides is 1. The Morgan fingerprint density at radius 1 is 0.972 bits per heavy atom. The van der Waals surface area contributed by atoms with Gasteiger partial charge in [0.25, 0.3) is 0 Å².